The first-order chi connectivity index (χ1) is 10.6. The molecule has 0 aliphatic heterocycles. The zero-order chi connectivity index (χ0) is 15.9. The fourth-order valence-electron chi connectivity index (χ4n) is 1.91. The van der Waals surface area contributed by atoms with Crippen LogP contribution in [0.2, 0.25) is 0 Å². The van der Waals surface area contributed by atoms with Gasteiger partial charge in [-0.3, -0.25) is 4.79 Å². The van der Waals surface area contributed by atoms with Crippen LogP contribution in [0.4, 0.5) is 5.69 Å². The fourth-order valence-corrected chi connectivity index (χ4v) is 1.91. The third-order valence-electron chi connectivity index (χ3n) is 2.97. The zero-order valence-corrected chi connectivity index (χ0v) is 12.5. The summed E-state index contributed by atoms with van der Waals surface area (Å²) in [5, 5.41) is 2.77. The van der Waals surface area contributed by atoms with Crippen LogP contribution in [0, 0.1) is 0 Å². The van der Waals surface area contributed by atoms with Crippen LogP contribution in [0.15, 0.2) is 48.5 Å². The number of carbonyl (C=O) groups excluding carboxylic acids is 2. The van der Waals surface area contributed by atoms with Gasteiger partial charge in [-0.05, 0) is 49.4 Å². The molecule has 0 unspecified atom stereocenters. The molecule has 2 aromatic rings. The summed E-state index contributed by atoms with van der Waals surface area (Å²) in [5.41, 5.74) is 1.37. The van der Waals surface area contributed by atoms with Gasteiger partial charge in [-0.15, -0.1) is 0 Å². The van der Waals surface area contributed by atoms with E-state index in [0.29, 0.717) is 23.4 Å². The van der Waals surface area contributed by atoms with E-state index < -0.39 is 5.97 Å². The molecule has 0 aliphatic carbocycles. The average molecular weight is 299 g/mol. The van der Waals surface area contributed by atoms with Gasteiger partial charge in [0.1, 0.15) is 5.75 Å². The highest BCUT2D eigenvalue weighted by molar-refractivity contribution is 6.05. The second-order valence-electron chi connectivity index (χ2n) is 4.48. The summed E-state index contributed by atoms with van der Waals surface area (Å²) in [5.74, 6) is -0.0289. The predicted octanol–water partition coefficient (Wildman–Crippen LogP) is 3.12. The van der Waals surface area contributed by atoms with Gasteiger partial charge in [0.15, 0.2) is 0 Å². The van der Waals surface area contributed by atoms with Crippen LogP contribution in [0.5, 0.6) is 5.75 Å². The van der Waals surface area contributed by atoms with Crippen molar-refractivity contribution in [2.75, 3.05) is 19.0 Å². The summed E-state index contributed by atoms with van der Waals surface area (Å²) >= 11 is 0. The Labute approximate surface area is 128 Å². The van der Waals surface area contributed by atoms with E-state index in [4.69, 9.17) is 4.74 Å². The molecule has 5 heteroatoms. The van der Waals surface area contributed by atoms with E-state index in [1.165, 1.54) is 13.2 Å². The number of nitrogens with one attached hydrogen (secondary N) is 1. The maximum atomic E-state index is 12.2. The van der Waals surface area contributed by atoms with Gasteiger partial charge in [-0.25, -0.2) is 4.79 Å². The molecule has 0 radical (unpaired) electrons. The van der Waals surface area contributed by atoms with Crippen molar-refractivity contribution < 1.29 is 19.1 Å². The van der Waals surface area contributed by atoms with Crippen LogP contribution in [0.25, 0.3) is 0 Å². The Hall–Kier alpha value is -2.82. The molecule has 114 valence electrons. The fraction of sp³-hybridized carbons (Fsp3) is 0.176. The van der Waals surface area contributed by atoms with Gasteiger partial charge in [0.05, 0.1) is 19.3 Å². The summed E-state index contributed by atoms with van der Waals surface area (Å²) in [7, 11) is 1.30. The second kappa shape index (κ2) is 7.26. The number of hydrogen-bond donors (Lipinski definition) is 1. The van der Waals surface area contributed by atoms with E-state index in [1.807, 2.05) is 6.92 Å². The second-order valence-corrected chi connectivity index (χ2v) is 4.48. The lowest BCUT2D eigenvalue weighted by Gasteiger charge is -2.08. The van der Waals surface area contributed by atoms with E-state index in [9.17, 15) is 9.59 Å². The molecule has 0 heterocycles. The monoisotopic (exact) mass is 299 g/mol. The Morgan fingerprint density at radius 2 is 1.73 bits per heavy atom. The lowest BCUT2D eigenvalue weighted by atomic mass is 10.1. The highest BCUT2D eigenvalue weighted by Crippen LogP contribution is 2.17. The van der Waals surface area contributed by atoms with Crippen molar-refractivity contribution in [3.05, 3.63) is 59.7 Å². The first-order valence-corrected chi connectivity index (χ1v) is 6.86. The lowest BCUT2D eigenvalue weighted by Crippen LogP contribution is -2.13. The van der Waals surface area contributed by atoms with Crippen molar-refractivity contribution in [3.63, 3.8) is 0 Å². The van der Waals surface area contributed by atoms with E-state index in [2.05, 4.69) is 10.1 Å². The first kappa shape index (κ1) is 15.6. The molecule has 0 aliphatic rings. The number of anilines is 1. The Balaban J connectivity index is 2.10. The van der Waals surface area contributed by atoms with Gasteiger partial charge in [0.25, 0.3) is 5.91 Å². The summed E-state index contributed by atoms with van der Waals surface area (Å²) in [6.07, 6.45) is 0. The van der Waals surface area contributed by atoms with Gasteiger partial charge >= 0.3 is 5.97 Å². The maximum absolute atomic E-state index is 12.2. The van der Waals surface area contributed by atoms with Crippen molar-refractivity contribution >= 4 is 17.6 Å². The Kier molecular flexibility index (Phi) is 5.14. The molecular weight excluding hydrogens is 282 g/mol. The summed E-state index contributed by atoms with van der Waals surface area (Å²) in [6.45, 7) is 2.50. The first-order valence-electron chi connectivity index (χ1n) is 6.86. The lowest BCUT2D eigenvalue weighted by molar-refractivity contribution is 0.0600. The van der Waals surface area contributed by atoms with Gasteiger partial charge in [-0.1, -0.05) is 6.07 Å². The van der Waals surface area contributed by atoms with E-state index >= 15 is 0 Å². The third kappa shape index (κ3) is 3.85. The number of carbonyl (C=O) groups is 2. The molecule has 22 heavy (non-hydrogen) atoms. The molecule has 0 fully saturated rings. The van der Waals surface area contributed by atoms with Crippen molar-refractivity contribution in [1.29, 1.82) is 0 Å². The highest BCUT2D eigenvalue weighted by atomic mass is 16.5. The number of amides is 1. The quantitative estimate of drug-likeness (QED) is 0.862. The number of hydrogen-bond acceptors (Lipinski definition) is 4. The Morgan fingerprint density at radius 1 is 1.05 bits per heavy atom. The standard InChI is InChI=1S/C17H17NO4/c1-3-22-15-9-7-14(8-10-15)18-16(19)12-5-4-6-13(11-12)17(20)21-2/h4-11H,3H2,1-2H3,(H,18,19). The Morgan fingerprint density at radius 3 is 2.36 bits per heavy atom. The SMILES string of the molecule is CCOc1ccc(NC(=O)c2cccc(C(=O)OC)c2)cc1. The van der Waals surface area contributed by atoms with Gasteiger partial charge < -0.3 is 14.8 Å². The largest absolute Gasteiger partial charge is 0.494 e. The molecule has 0 bridgehead atoms. The normalized spacial score (nSPS) is 9.91. The minimum Gasteiger partial charge on any atom is -0.494 e. The van der Waals surface area contributed by atoms with Crippen LogP contribution in [0.1, 0.15) is 27.6 Å². The van der Waals surface area contributed by atoms with Gasteiger partial charge in [0.2, 0.25) is 0 Å². The topological polar surface area (TPSA) is 64.6 Å². The van der Waals surface area contributed by atoms with E-state index in [1.54, 1.807) is 42.5 Å². The zero-order valence-electron chi connectivity index (χ0n) is 12.5. The molecule has 2 aromatic carbocycles. The van der Waals surface area contributed by atoms with Crippen molar-refractivity contribution in [2.45, 2.75) is 6.92 Å². The Bertz CT molecular complexity index is 665. The number of methoxy groups -OCH3 is 1. The van der Waals surface area contributed by atoms with Crippen LogP contribution in [-0.4, -0.2) is 25.6 Å². The van der Waals surface area contributed by atoms with Crippen molar-refractivity contribution in [2.24, 2.45) is 0 Å². The highest BCUT2D eigenvalue weighted by Gasteiger charge is 2.10. The summed E-state index contributed by atoms with van der Waals surface area (Å²) < 4.78 is 9.98. The van der Waals surface area contributed by atoms with Gasteiger partial charge in [0, 0.05) is 11.3 Å². The third-order valence-corrected chi connectivity index (χ3v) is 2.97. The molecule has 0 saturated carbocycles. The van der Waals surface area contributed by atoms with Crippen LogP contribution in [0.3, 0.4) is 0 Å². The molecule has 2 rings (SSSR count). The van der Waals surface area contributed by atoms with Crippen molar-refractivity contribution in [3.8, 4) is 5.75 Å². The average Bonchev–Trinajstić information content (AvgIpc) is 2.56. The number of esters is 1. The van der Waals surface area contributed by atoms with Crippen LogP contribution < -0.4 is 10.1 Å². The molecule has 5 nitrogen and oxygen atoms in total. The van der Waals surface area contributed by atoms with Crippen LogP contribution in [-0.2, 0) is 4.74 Å². The molecule has 0 aromatic heterocycles. The number of rotatable bonds is 5. The summed E-state index contributed by atoms with van der Waals surface area (Å²) in [6, 6.07) is 13.4. The number of benzene rings is 2. The maximum Gasteiger partial charge on any atom is 0.337 e. The minimum atomic E-state index is -0.476. The molecule has 0 saturated heterocycles. The minimum absolute atomic E-state index is 0.296. The van der Waals surface area contributed by atoms with Crippen LogP contribution >= 0.6 is 0 Å². The molecule has 1 N–H and O–H groups in total. The number of ether oxygens (including phenoxy) is 2. The van der Waals surface area contributed by atoms with E-state index in [-0.39, 0.29) is 5.91 Å². The van der Waals surface area contributed by atoms with Crippen molar-refractivity contribution in [1.82, 2.24) is 0 Å². The molecule has 0 atom stereocenters. The predicted molar refractivity (Wildman–Crippen MR) is 83.3 cm³/mol. The molecule has 0 spiro atoms. The smallest absolute Gasteiger partial charge is 0.337 e. The molecular formula is C17H17NO4. The van der Waals surface area contributed by atoms with Gasteiger partial charge in [-0.2, -0.15) is 0 Å². The van der Waals surface area contributed by atoms with E-state index in [0.717, 1.165) is 5.75 Å². The summed E-state index contributed by atoms with van der Waals surface area (Å²) in [4.78, 5) is 23.7. The molecule has 1 amide bonds.